The molecule has 0 amide bonds. The maximum atomic E-state index is 13.0. The average molecular weight is 334 g/mol. The van der Waals surface area contributed by atoms with E-state index in [-0.39, 0.29) is 5.82 Å². The number of imidazole rings is 1. The lowest BCUT2D eigenvalue weighted by Crippen LogP contribution is -1.94. The number of hydrogen-bond donors (Lipinski definition) is 0. The highest BCUT2D eigenvalue weighted by Crippen LogP contribution is 2.27. The molecule has 118 valence electrons. The predicted molar refractivity (Wildman–Crippen MR) is 99.0 cm³/mol. The van der Waals surface area contributed by atoms with Crippen molar-refractivity contribution in [1.29, 1.82) is 0 Å². The van der Waals surface area contributed by atoms with E-state index in [4.69, 9.17) is 4.98 Å². The topological polar surface area (TPSA) is 17.8 Å². The molecule has 0 aliphatic heterocycles. The van der Waals surface area contributed by atoms with Gasteiger partial charge in [-0.25, -0.2) is 9.37 Å². The monoisotopic (exact) mass is 334 g/mol. The van der Waals surface area contributed by atoms with Gasteiger partial charge in [-0.3, -0.25) is 4.57 Å². The Hall–Kier alpha value is -2.72. The first kappa shape index (κ1) is 14.8. The zero-order chi connectivity index (χ0) is 16.5. The van der Waals surface area contributed by atoms with Gasteiger partial charge < -0.3 is 0 Å². The minimum atomic E-state index is -0.228. The van der Waals surface area contributed by atoms with E-state index in [0.717, 1.165) is 27.4 Å². The molecule has 2 heterocycles. The number of hydrogen-bond acceptors (Lipinski definition) is 2. The fraction of sp³-hybridized carbons (Fsp3) is 0.0500. The molecule has 0 bridgehead atoms. The summed E-state index contributed by atoms with van der Waals surface area (Å²) in [5.41, 5.74) is 4.22. The van der Waals surface area contributed by atoms with Crippen molar-refractivity contribution in [3.8, 4) is 5.00 Å². The van der Waals surface area contributed by atoms with Gasteiger partial charge in [-0.05, 0) is 59.8 Å². The second-order valence-electron chi connectivity index (χ2n) is 5.64. The summed E-state index contributed by atoms with van der Waals surface area (Å²) in [5, 5.41) is 3.28. The van der Waals surface area contributed by atoms with Crippen LogP contribution in [0.3, 0.4) is 0 Å². The molecule has 24 heavy (non-hydrogen) atoms. The lowest BCUT2D eigenvalue weighted by atomic mass is 10.2. The average Bonchev–Trinajstić information content (AvgIpc) is 3.17. The number of nitrogens with zero attached hydrogens (tertiary/aromatic N) is 2. The van der Waals surface area contributed by atoms with E-state index in [0.29, 0.717) is 0 Å². The number of thiophene rings is 1. The maximum Gasteiger partial charge on any atom is 0.139 e. The fourth-order valence-corrected chi connectivity index (χ4v) is 3.59. The van der Waals surface area contributed by atoms with Crippen LogP contribution < -0.4 is 0 Å². The summed E-state index contributed by atoms with van der Waals surface area (Å²) in [6, 6.07) is 16.7. The first-order valence-electron chi connectivity index (χ1n) is 7.67. The minimum absolute atomic E-state index is 0.228. The van der Waals surface area contributed by atoms with Gasteiger partial charge in [-0.15, -0.1) is 11.3 Å². The first-order chi connectivity index (χ1) is 11.7. The predicted octanol–water partition coefficient (Wildman–Crippen LogP) is 5.70. The molecule has 0 atom stereocenters. The van der Waals surface area contributed by atoms with Gasteiger partial charge in [0.25, 0.3) is 0 Å². The number of fused-ring (bicyclic) bond motifs is 1. The smallest absolute Gasteiger partial charge is 0.139 e. The van der Waals surface area contributed by atoms with Crippen molar-refractivity contribution in [3.05, 3.63) is 82.7 Å². The van der Waals surface area contributed by atoms with Gasteiger partial charge in [0.15, 0.2) is 0 Å². The van der Waals surface area contributed by atoms with Crippen LogP contribution in [0, 0.1) is 12.7 Å². The van der Waals surface area contributed by atoms with Crippen LogP contribution in [0.25, 0.3) is 28.2 Å². The Morgan fingerprint density at radius 1 is 1.04 bits per heavy atom. The van der Waals surface area contributed by atoms with Gasteiger partial charge in [0.05, 0.1) is 11.0 Å². The van der Waals surface area contributed by atoms with Crippen molar-refractivity contribution in [2.24, 2.45) is 0 Å². The van der Waals surface area contributed by atoms with Crippen molar-refractivity contribution in [2.75, 3.05) is 0 Å². The number of aromatic nitrogens is 2. The van der Waals surface area contributed by atoms with Crippen molar-refractivity contribution in [2.45, 2.75) is 6.92 Å². The number of aryl methyl sites for hydroxylation is 1. The molecular weight excluding hydrogens is 319 g/mol. The van der Waals surface area contributed by atoms with Crippen LogP contribution >= 0.6 is 11.3 Å². The third kappa shape index (κ3) is 2.76. The molecule has 0 N–H and O–H groups in total. The molecule has 2 aromatic heterocycles. The van der Waals surface area contributed by atoms with E-state index < -0.39 is 0 Å². The van der Waals surface area contributed by atoms with Crippen molar-refractivity contribution in [3.63, 3.8) is 0 Å². The van der Waals surface area contributed by atoms with Crippen LogP contribution in [0.2, 0.25) is 0 Å². The number of para-hydroxylation sites is 2. The Morgan fingerprint density at radius 2 is 1.83 bits per heavy atom. The molecule has 0 spiro atoms. The van der Waals surface area contributed by atoms with Gasteiger partial charge in [-0.1, -0.05) is 30.3 Å². The Bertz CT molecular complexity index is 1030. The zero-order valence-corrected chi connectivity index (χ0v) is 13.9. The second-order valence-corrected chi connectivity index (χ2v) is 6.53. The summed E-state index contributed by atoms with van der Waals surface area (Å²) in [5.74, 6) is 0.635. The lowest BCUT2D eigenvalue weighted by molar-refractivity contribution is 0.628. The van der Waals surface area contributed by atoms with Gasteiger partial charge in [0, 0.05) is 0 Å². The SMILES string of the molecule is Cc1csc(-n2c(C=Cc3ccc(F)cc3)nc3ccccc32)c1. The Labute approximate surface area is 143 Å². The third-order valence-corrected chi connectivity index (χ3v) is 4.85. The van der Waals surface area contributed by atoms with Gasteiger partial charge >= 0.3 is 0 Å². The third-order valence-electron chi connectivity index (χ3n) is 3.82. The van der Waals surface area contributed by atoms with E-state index in [1.807, 2.05) is 30.4 Å². The fourth-order valence-electron chi connectivity index (χ4n) is 2.67. The molecule has 0 radical (unpaired) electrons. The minimum Gasteiger partial charge on any atom is -0.284 e. The summed E-state index contributed by atoms with van der Waals surface area (Å²) < 4.78 is 15.2. The normalized spacial score (nSPS) is 11.6. The molecule has 0 aliphatic carbocycles. The number of halogens is 1. The zero-order valence-electron chi connectivity index (χ0n) is 13.1. The van der Waals surface area contributed by atoms with Gasteiger partial charge in [0.2, 0.25) is 0 Å². The first-order valence-corrected chi connectivity index (χ1v) is 8.55. The van der Waals surface area contributed by atoms with E-state index in [1.54, 1.807) is 23.5 Å². The van der Waals surface area contributed by atoms with E-state index in [9.17, 15) is 4.39 Å². The summed E-state index contributed by atoms with van der Waals surface area (Å²) >= 11 is 1.70. The van der Waals surface area contributed by atoms with Crippen LogP contribution in [0.5, 0.6) is 0 Å². The molecule has 4 heteroatoms. The standard InChI is InChI=1S/C20H15FN2S/c1-14-12-20(24-13-14)23-18-5-3-2-4-17(18)22-19(23)11-8-15-6-9-16(21)10-7-15/h2-13H,1H3. The molecule has 2 nitrogen and oxygen atoms in total. The second kappa shape index (κ2) is 6.06. The Morgan fingerprint density at radius 3 is 2.58 bits per heavy atom. The molecule has 0 saturated carbocycles. The molecule has 4 aromatic rings. The van der Waals surface area contributed by atoms with E-state index in [2.05, 4.69) is 29.0 Å². The highest BCUT2D eigenvalue weighted by Gasteiger charge is 2.11. The summed E-state index contributed by atoms with van der Waals surface area (Å²) in [4.78, 5) is 4.74. The Kier molecular flexibility index (Phi) is 3.75. The highest BCUT2D eigenvalue weighted by molar-refractivity contribution is 7.12. The molecule has 0 aliphatic rings. The number of benzene rings is 2. The van der Waals surface area contributed by atoms with Crippen LogP contribution in [-0.4, -0.2) is 9.55 Å². The summed E-state index contributed by atoms with van der Waals surface area (Å²) in [7, 11) is 0. The molecule has 4 rings (SSSR count). The van der Waals surface area contributed by atoms with Crippen molar-refractivity contribution in [1.82, 2.24) is 9.55 Å². The molecule has 0 saturated heterocycles. The quantitative estimate of drug-likeness (QED) is 0.469. The summed E-state index contributed by atoms with van der Waals surface area (Å²) in [6.45, 7) is 2.09. The Balaban J connectivity index is 1.84. The van der Waals surface area contributed by atoms with Crippen molar-refractivity contribution >= 4 is 34.5 Å². The number of rotatable bonds is 3. The van der Waals surface area contributed by atoms with Crippen LogP contribution in [0.15, 0.2) is 60.0 Å². The molecular formula is C20H15FN2S. The van der Waals surface area contributed by atoms with Gasteiger partial charge in [-0.2, -0.15) is 0 Å². The maximum absolute atomic E-state index is 13.0. The van der Waals surface area contributed by atoms with Crippen molar-refractivity contribution < 1.29 is 4.39 Å². The highest BCUT2D eigenvalue weighted by atomic mass is 32.1. The molecule has 2 aromatic carbocycles. The molecule has 0 fully saturated rings. The van der Waals surface area contributed by atoms with E-state index >= 15 is 0 Å². The van der Waals surface area contributed by atoms with Crippen LogP contribution in [-0.2, 0) is 0 Å². The van der Waals surface area contributed by atoms with Crippen LogP contribution in [0.4, 0.5) is 4.39 Å². The molecule has 0 unspecified atom stereocenters. The lowest BCUT2D eigenvalue weighted by Gasteiger charge is -2.03. The van der Waals surface area contributed by atoms with Gasteiger partial charge in [0.1, 0.15) is 16.6 Å². The largest absolute Gasteiger partial charge is 0.284 e. The summed E-state index contributed by atoms with van der Waals surface area (Å²) in [6.07, 6.45) is 3.93. The van der Waals surface area contributed by atoms with Crippen LogP contribution in [0.1, 0.15) is 17.0 Å². The van der Waals surface area contributed by atoms with E-state index in [1.165, 1.54) is 17.7 Å².